The Morgan fingerprint density at radius 2 is 1.30 bits per heavy atom. The van der Waals surface area contributed by atoms with Crippen LogP contribution in [0.3, 0.4) is 0 Å². The number of amides is 3. The maximum absolute atomic E-state index is 14.1. The van der Waals surface area contributed by atoms with Crippen molar-refractivity contribution < 1.29 is 23.9 Å². The predicted molar refractivity (Wildman–Crippen MR) is 150 cm³/mol. The van der Waals surface area contributed by atoms with Crippen LogP contribution in [0.15, 0.2) is 66.7 Å². The first-order valence-corrected chi connectivity index (χ1v) is 13.8. The third-order valence-corrected chi connectivity index (χ3v) is 8.77. The number of carbonyl (C=O) groups excluding carboxylic acids is 4. The fraction of sp³-hybridized carbons (Fsp3) is 0.333. The van der Waals surface area contributed by atoms with Crippen molar-refractivity contribution >= 4 is 29.4 Å². The van der Waals surface area contributed by atoms with E-state index in [1.807, 2.05) is 74.5 Å². The summed E-state index contributed by atoms with van der Waals surface area (Å²) in [5.41, 5.74) is 7.02. The first-order chi connectivity index (χ1) is 19.2. The van der Waals surface area contributed by atoms with E-state index in [0.717, 1.165) is 38.3 Å². The number of likely N-dealkylation sites (tertiary alicyclic amines) is 1. The summed E-state index contributed by atoms with van der Waals surface area (Å²) in [5, 5.41) is 2.74. The Balaban J connectivity index is 1.25. The first kappa shape index (κ1) is 26.0. The fourth-order valence-electron chi connectivity index (χ4n) is 6.89. The summed E-state index contributed by atoms with van der Waals surface area (Å²) in [4.78, 5) is 55.2. The monoisotopic (exact) mass is 536 g/mol. The van der Waals surface area contributed by atoms with Crippen LogP contribution in [0.5, 0.6) is 0 Å². The minimum Gasteiger partial charge on any atom is -0.454 e. The smallest absolute Gasteiger partial charge is 0.330 e. The van der Waals surface area contributed by atoms with E-state index in [0.29, 0.717) is 5.69 Å². The van der Waals surface area contributed by atoms with Gasteiger partial charge in [-0.2, -0.15) is 0 Å². The summed E-state index contributed by atoms with van der Waals surface area (Å²) in [6.45, 7) is 6.97. The number of carbonyl (C=O) groups is 4. The number of esters is 1. The van der Waals surface area contributed by atoms with Crippen LogP contribution in [0.1, 0.15) is 59.1 Å². The van der Waals surface area contributed by atoms with Gasteiger partial charge in [0.25, 0.3) is 5.91 Å². The molecule has 1 heterocycles. The predicted octanol–water partition coefficient (Wildman–Crippen LogP) is 4.70. The maximum Gasteiger partial charge on any atom is 0.330 e. The number of imide groups is 1. The molecule has 1 fully saturated rings. The Morgan fingerprint density at radius 3 is 1.75 bits per heavy atom. The number of hydrogen-bond acceptors (Lipinski definition) is 5. The lowest BCUT2D eigenvalue weighted by Crippen LogP contribution is -2.49. The molecule has 0 aromatic heterocycles. The van der Waals surface area contributed by atoms with Crippen LogP contribution in [-0.4, -0.2) is 41.2 Å². The number of anilines is 1. The second-order valence-corrected chi connectivity index (χ2v) is 11.5. The van der Waals surface area contributed by atoms with E-state index in [1.165, 1.54) is 0 Å². The molecule has 2 bridgehead atoms. The van der Waals surface area contributed by atoms with Crippen LogP contribution in [-0.2, 0) is 23.9 Å². The third-order valence-electron chi connectivity index (χ3n) is 8.77. The molecule has 3 aliphatic carbocycles. The minimum absolute atomic E-state index is 0.253. The Hall–Kier alpha value is -4.26. The molecular formula is C33H32N2O5. The molecule has 1 saturated heterocycles. The Bertz CT molecular complexity index is 1440. The number of ether oxygens (including phenoxy) is 1. The Kier molecular flexibility index (Phi) is 6.32. The highest BCUT2D eigenvalue weighted by Crippen LogP contribution is 2.61. The van der Waals surface area contributed by atoms with Crippen LogP contribution in [0.2, 0.25) is 0 Å². The lowest BCUT2D eigenvalue weighted by Gasteiger charge is -2.45. The maximum atomic E-state index is 14.1. The fourth-order valence-corrected chi connectivity index (χ4v) is 6.89. The molecule has 3 atom stereocenters. The highest BCUT2D eigenvalue weighted by atomic mass is 16.5. The van der Waals surface area contributed by atoms with E-state index in [-0.39, 0.29) is 23.7 Å². The molecule has 0 saturated carbocycles. The molecule has 40 heavy (non-hydrogen) atoms. The molecule has 0 unspecified atom stereocenters. The van der Waals surface area contributed by atoms with Gasteiger partial charge in [-0.25, -0.2) is 4.79 Å². The lowest BCUT2D eigenvalue weighted by atomic mass is 9.55. The molecule has 3 amide bonds. The van der Waals surface area contributed by atoms with Crippen molar-refractivity contribution in [2.75, 3.05) is 11.9 Å². The number of nitrogens with zero attached hydrogens (tertiary/aromatic N) is 1. The van der Waals surface area contributed by atoms with Gasteiger partial charge in [-0.1, -0.05) is 68.4 Å². The molecule has 7 rings (SSSR count). The van der Waals surface area contributed by atoms with Crippen molar-refractivity contribution in [2.45, 2.75) is 45.6 Å². The second kappa shape index (κ2) is 9.73. The molecule has 1 aliphatic heterocycles. The van der Waals surface area contributed by atoms with E-state index in [1.54, 1.807) is 19.9 Å². The van der Waals surface area contributed by atoms with Crippen LogP contribution >= 0.6 is 0 Å². The summed E-state index contributed by atoms with van der Waals surface area (Å²) >= 11 is 0. The van der Waals surface area contributed by atoms with Gasteiger partial charge in [-0.05, 0) is 65.3 Å². The van der Waals surface area contributed by atoms with E-state index < -0.39 is 42.3 Å². The number of nitrogens with one attached hydrogen (secondary N) is 1. The number of benzene rings is 3. The normalized spacial score (nSPS) is 23.0. The molecular weight excluding hydrogens is 504 g/mol. The van der Waals surface area contributed by atoms with Gasteiger partial charge in [0.05, 0.1) is 11.8 Å². The van der Waals surface area contributed by atoms with Crippen molar-refractivity contribution in [2.24, 2.45) is 17.8 Å². The molecule has 3 aromatic carbocycles. The van der Waals surface area contributed by atoms with Gasteiger partial charge < -0.3 is 10.1 Å². The van der Waals surface area contributed by atoms with Crippen LogP contribution in [0, 0.1) is 31.6 Å². The summed E-state index contributed by atoms with van der Waals surface area (Å²) < 4.78 is 5.41. The number of aryl methyl sites for hydroxylation is 2. The summed E-state index contributed by atoms with van der Waals surface area (Å²) in [7, 11) is 0. The quantitative estimate of drug-likeness (QED) is 0.364. The molecule has 0 spiro atoms. The zero-order valence-electron chi connectivity index (χ0n) is 23.0. The summed E-state index contributed by atoms with van der Waals surface area (Å²) in [5.74, 6) is -4.00. The van der Waals surface area contributed by atoms with Crippen molar-refractivity contribution in [3.05, 3.63) is 100 Å². The minimum atomic E-state index is -1.12. The van der Waals surface area contributed by atoms with E-state index in [2.05, 4.69) is 5.32 Å². The average molecular weight is 537 g/mol. The lowest BCUT2D eigenvalue weighted by molar-refractivity contribution is -0.162. The first-order valence-electron chi connectivity index (χ1n) is 13.8. The number of hydrogen-bond donors (Lipinski definition) is 1. The highest BCUT2D eigenvalue weighted by molar-refractivity contribution is 6.10. The van der Waals surface area contributed by atoms with Gasteiger partial charge in [0, 0.05) is 17.5 Å². The van der Waals surface area contributed by atoms with Gasteiger partial charge in [0.15, 0.2) is 6.61 Å². The third kappa shape index (κ3) is 3.95. The second-order valence-electron chi connectivity index (χ2n) is 11.5. The van der Waals surface area contributed by atoms with Crippen molar-refractivity contribution in [3.8, 4) is 0 Å². The molecule has 3 aromatic rings. The SMILES string of the molecule is Cc1ccc(NC(=O)COC(=O)[C@H](C(C)C)N2C(=O)[C@@H]3C4c5ccccc5C(c5ccccc54)[C@H]3C2=O)cc1C. The van der Waals surface area contributed by atoms with Crippen LogP contribution in [0.25, 0.3) is 0 Å². The zero-order chi connectivity index (χ0) is 28.3. The van der Waals surface area contributed by atoms with E-state index in [4.69, 9.17) is 4.74 Å². The Labute approximate surface area is 233 Å². The summed E-state index contributed by atoms with van der Waals surface area (Å²) in [6, 6.07) is 20.5. The highest BCUT2D eigenvalue weighted by Gasteiger charge is 2.63. The van der Waals surface area contributed by atoms with Gasteiger partial charge in [0.1, 0.15) is 6.04 Å². The Morgan fingerprint density at radius 1 is 0.800 bits per heavy atom. The van der Waals surface area contributed by atoms with E-state index in [9.17, 15) is 19.2 Å². The largest absolute Gasteiger partial charge is 0.454 e. The van der Waals surface area contributed by atoms with Gasteiger partial charge >= 0.3 is 5.97 Å². The van der Waals surface area contributed by atoms with E-state index >= 15 is 0 Å². The molecule has 204 valence electrons. The molecule has 0 radical (unpaired) electrons. The van der Waals surface area contributed by atoms with Crippen molar-refractivity contribution in [1.29, 1.82) is 0 Å². The van der Waals surface area contributed by atoms with Crippen molar-refractivity contribution in [3.63, 3.8) is 0 Å². The topological polar surface area (TPSA) is 92.8 Å². The number of rotatable bonds is 6. The van der Waals surface area contributed by atoms with Gasteiger partial charge in [0.2, 0.25) is 11.8 Å². The van der Waals surface area contributed by atoms with Gasteiger partial charge in [-0.15, -0.1) is 0 Å². The zero-order valence-corrected chi connectivity index (χ0v) is 23.0. The molecule has 7 nitrogen and oxygen atoms in total. The average Bonchev–Trinajstić information content (AvgIpc) is 3.20. The molecule has 7 heteroatoms. The van der Waals surface area contributed by atoms with Crippen LogP contribution < -0.4 is 5.32 Å². The summed E-state index contributed by atoms with van der Waals surface area (Å²) in [6.07, 6.45) is 0. The standard InChI is InChI=1S/C33H32N2O5/c1-17(2)30(33(39)40-16-25(36)34-20-14-13-18(3)19(4)15-20)35-31(37)28-26-21-9-5-6-10-22(21)27(29(28)32(35)38)24-12-8-7-11-23(24)26/h5-15,17,26-30H,16H2,1-4H3,(H,34,36)/t26?,27?,28-,29-,30+/m1/s1. The van der Waals surface area contributed by atoms with Gasteiger partial charge in [-0.3, -0.25) is 19.3 Å². The molecule has 4 aliphatic rings. The van der Waals surface area contributed by atoms with Crippen LogP contribution in [0.4, 0.5) is 5.69 Å². The molecule has 1 N–H and O–H groups in total. The van der Waals surface area contributed by atoms with Crippen molar-refractivity contribution in [1.82, 2.24) is 4.90 Å².